The Bertz CT molecular complexity index is 757. The minimum absolute atomic E-state index is 0.0622. The molecule has 1 aromatic carbocycles. The van der Waals surface area contributed by atoms with Gasteiger partial charge in [-0.2, -0.15) is 0 Å². The minimum atomic E-state index is -0.558. The van der Waals surface area contributed by atoms with Gasteiger partial charge < -0.3 is 5.32 Å². The molecule has 1 aliphatic heterocycles. The Labute approximate surface area is 163 Å². The molecule has 8 heteroatoms. The Morgan fingerprint density at radius 1 is 1.22 bits per heavy atom. The number of benzene rings is 1. The first-order valence-corrected chi connectivity index (χ1v) is 10.0. The quantitative estimate of drug-likeness (QED) is 0.829. The van der Waals surface area contributed by atoms with Crippen LogP contribution in [-0.4, -0.2) is 40.8 Å². The largest absolute Gasteiger partial charge is 0.335 e. The third kappa shape index (κ3) is 4.88. The van der Waals surface area contributed by atoms with E-state index >= 15 is 0 Å². The van der Waals surface area contributed by atoms with Crippen molar-refractivity contribution < 1.29 is 14.4 Å². The van der Waals surface area contributed by atoms with Gasteiger partial charge in [-0.25, -0.2) is 4.79 Å². The van der Waals surface area contributed by atoms with E-state index in [2.05, 4.69) is 15.6 Å². The first-order chi connectivity index (χ1) is 12.9. The van der Waals surface area contributed by atoms with Crippen molar-refractivity contribution >= 4 is 40.5 Å². The van der Waals surface area contributed by atoms with Gasteiger partial charge in [-0.1, -0.05) is 42.3 Å². The lowest BCUT2D eigenvalue weighted by atomic mass is 10.2. The Morgan fingerprint density at radius 3 is 2.56 bits per heavy atom. The summed E-state index contributed by atoms with van der Waals surface area (Å²) in [5.41, 5.74) is 1.82. The Balaban J connectivity index is 1.57. The molecule has 0 saturated heterocycles. The average molecular weight is 388 g/mol. The van der Waals surface area contributed by atoms with E-state index in [1.54, 1.807) is 6.92 Å². The van der Waals surface area contributed by atoms with Crippen LogP contribution in [0.4, 0.5) is 10.5 Å². The summed E-state index contributed by atoms with van der Waals surface area (Å²) in [5.74, 6) is -0.533. The summed E-state index contributed by atoms with van der Waals surface area (Å²) in [4.78, 5) is 42.3. The standard InChI is InChI=1S/C19H24N4O3S/c1-12-7-9-15(10-8-12)23-16(24)11-20-19(23)27-13(2)17(25)22-18(26)21-14-5-3-4-6-14/h7-10,13-14H,3-6,11H2,1-2H3,(H2,21,22,25,26)/t13-/m0/s1. The predicted octanol–water partition coefficient (Wildman–Crippen LogP) is 2.59. The molecule has 1 aliphatic carbocycles. The van der Waals surface area contributed by atoms with Crippen molar-refractivity contribution in [3.8, 4) is 0 Å². The summed E-state index contributed by atoms with van der Waals surface area (Å²) in [5, 5.41) is 5.13. The highest BCUT2D eigenvalue weighted by molar-refractivity contribution is 8.15. The topological polar surface area (TPSA) is 90.9 Å². The van der Waals surface area contributed by atoms with E-state index < -0.39 is 17.2 Å². The lowest BCUT2D eigenvalue weighted by Gasteiger charge is -2.20. The molecule has 0 spiro atoms. The maximum absolute atomic E-state index is 12.3. The number of amides is 4. The molecule has 1 fully saturated rings. The number of aryl methyl sites for hydroxylation is 1. The van der Waals surface area contributed by atoms with Crippen LogP contribution >= 0.6 is 11.8 Å². The van der Waals surface area contributed by atoms with Crippen molar-refractivity contribution in [3.63, 3.8) is 0 Å². The van der Waals surface area contributed by atoms with Crippen LogP contribution < -0.4 is 15.5 Å². The number of hydrogen-bond acceptors (Lipinski definition) is 5. The predicted molar refractivity (Wildman–Crippen MR) is 107 cm³/mol. The van der Waals surface area contributed by atoms with Gasteiger partial charge >= 0.3 is 6.03 Å². The number of nitrogens with zero attached hydrogens (tertiary/aromatic N) is 2. The molecule has 0 bridgehead atoms. The van der Waals surface area contributed by atoms with Crippen LogP contribution in [0.3, 0.4) is 0 Å². The monoisotopic (exact) mass is 388 g/mol. The summed E-state index contributed by atoms with van der Waals surface area (Å²) in [6.07, 6.45) is 4.12. The van der Waals surface area contributed by atoms with Gasteiger partial charge in [0.2, 0.25) is 5.91 Å². The molecule has 1 heterocycles. The molecule has 2 aliphatic rings. The van der Waals surface area contributed by atoms with Crippen molar-refractivity contribution in [2.45, 2.75) is 50.8 Å². The molecule has 1 aromatic rings. The highest BCUT2D eigenvalue weighted by atomic mass is 32.2. The number of amidine groups is 1. The number of carbonyl (C=O) groups excluding carboxylic acids is 3. The second-order valence-electron chi connectivity index (χ2n) is 6.87. The van der Waals surface area contributed by atoms with E-state index in [1.165, 1.54) is 16.7 Å². The average Bonchev–Trinajstić information content (AvgIpc) is 3.26. The first kappa shape index (κ1) is 19.4. The number of nitrogens with one attached hydrogen (secondary N) is 2. The van der Waals surface area contributed by atoms with Crippen LogP contribution in [0, 0.1) is 6.92 Å². The number of urea groups is 1. The van der Waals surface area contributed by atoms with E-state index in [1.807, 2.05) is 31.2 Å². The van der Waals surface area contributed by atoms with Crippen molar-refractivity contribution in [3.05, 3.63) is 29.8 Å². The van der Waals surface area contributed by atoms with Crippen LogP contribution in [0.15, 0.2) is 29.3 Å². The fraction of sp³-hybridized carbons (Fsp3) is 0.474. The second kappa shape index (κ2) is 8.56. The van der Waals surface area contributed by atoms with Gasteiger partial charge in [0.05, 0.1) is 10.9 Å². The zero-order valence-corrected chi connectivity index (χ0v) is 16.3. The molecule has 1 saturated carbocycles. The number of rotatable bonds is 4. The third-order valence-electron chi connectivity index (χ3n) is 4.66. The molecule has 7 nitrogen and oxygen atoms in total. The summed E-state index contributed by atoms with van der Waals surface area (Å²) in [6, 6.07) is 7.25. The van der Waals surface area contributed by atoms with Crippen LogP contribution in [0.1, 0.15) is 38.2 Å². The van der Waals surface area contributed by atoms with Crippen molar-refractivity contribution in [1.82, 2.24) is 10.6 Å². The molecule has 144 valence electrons. The summed E-state index contributed by atoms with van der Waals surface area (Å²) in [6.45, 7) is 3.73. The summed E-state index contributed by atoms with van der Waals surface area (Å²) in [7, 11) is 0. The molecule has 0 aromatic heterocycles. The molecule has 27 heavy (non-hydrogen) atoms. The number of hydrogen-bond donors (Lipinski definition) is 2. The summed E-state index contributed by atoms with van der Waals surface area (Å²) >= 11 is 1.17. The molecular weight excluding hydrogens is 364 g/mol. The van der Waals surface area contributed by atoms with E-state index in [-0.39, 0.29) is 18.5 Å². The van der Waals surface area contributed by atoms with E-state index in [0.717, 1.165) is 36.9 Å². The SMILES string of the molecule is Cc1ccc(N2C(=O)CN=C2S[C@@H](C)C(=O)NC(=O)NC2CCCC2)cc1. The lowest BCUT2D eigenvalue weighted by Crippen LogP contribution is -2.46. The number of anilines is 1. The molecule has 3 rings (SSSR count). The van der Waals surface area contributed by atoms with Gasteiger partial charge in [-0.15, -0.1) is 0 Å². The Hall–Kier alpha value is -2.35. The molecule has 4 amide bonds. The van der Waals surface area contributed by atoms with Gasteiger partial charge in [-0.3, -0.25) is 24.8 Å². The van der Waals surface area contributed by atoms with E-state index in [0.29, 0.717) is 5.17 Å². The molecule has 0 unspecified atom stereocenters. The van der Waals surface area contributed by atoms with Gasteiger partial charge in [0.1, 0.15) is 6.54 Å². The van der Waals surface area contributed by atoms with Crippen molar-refractivity contribution in [1.29, 1.82) is 0 Å². The fourth-order valence-corrected chi connectivity index (χ4v) is 4.07. The number of imide groups is 1. The van der Waals surface area contributed by atoms with Crippen LogP contribution in [0.5, 0.6) is 0 Å². The fourth-order valence-electron chi connectivity index (χ4n) is 3.14. The molecule has 0 radical (unpaired) electrons. The van der Waals surface area contributed by atoms with Gasteiger partial charge in [0.15, 0.2) is 5.17 Å². The molecule has 2 N–H and O–H groups in total. The number of thioether (sulfide) groups is 1. The van der Waals surface area contributed by atoms with E-state index in [9.17, 15) is 14.4 Å². The van der Waals surface area contributed by atoms with Crippen LogP contribution in [0.25, 0.3) is 0 Å². The normalized spacial score (nSPS) is 18.4. The third-order valence-corrected chi connectivity index (χ3v) is 5.75. The van der Waals surface area contributed by atoms with Crippen molar-refractivity contribution in [2.75, 3.05) is 11.4 Å². The highest BCUT2D eigenvalue weighted by Gasteiger charge is 2.31. The molecular formula is C19H24N4O3S. The zero-order chi connectivity index (χ0) is 19.4. The number of carbonyl (C=O) groups is 3. The van der Waals surface area contributed by atoms with Gasteiger partial charge in [0.25, 0.3) is 5.91 Å². The second-order valence-corrected chi connectivity index (χ2v) is 8.18. The van der Waals surface area contributed by atoms with Gasteiger partial charge in [-0.05, 0) is 38.8 Å². The van der Waals surface area contributed by atoms with Gasteiger partial charge in [0, 0.05) is 6.04 Å². The number of aliphatic imine (C=N–C) groups is 1. The van der Waals surface area contributed by atoms with Crippen LogP contribution in [-0.2, 0) is 9.59 Å². The van der Waals surface area contributed by atoms with Crippen LogP contribution in [0.2, 0.25) is 0 Å². The Morgan fingerprint density at radius 2 is 1.89 bits per heavy atom. The van der Waals surface area contributed by atoms with E-state index in [4.69, 9.17) is 0 Å². The first-order valence-electron chi connectivity index (χ1n) is 9.16. The maximum atomic E-state index is 12.3. The smallest absolute Gasteiger partial charge is 0.321 e. The maximum Gasteiger partial charge on any atom is 0.321 e. The van der Waals surface area contributed by atoms with Crippen molar-refractivity contribution in [2.24, 2.45) is 4.99 Å². The Kier molecular flexibility index (Phi) is 6.15. The lowest BCUT2D eigenvalue weighted by molar-refractivity contribution is -0.119. The summed E-state index contributed by atoms with van der Waals surface area (Å²) < 4.78 is 0. The highest BCUT2D eigenvalue weighted by Crippen LogP contribution is 2.26. The molecule has 1 atom stereocenters. The minimum Gasteiger partial charge on any atom is -0.335 e. The zero-order valence-electron chi connectivity index (χ0n) is 15.5.